The predicted octanol–water partition coefficient (Wildman–Crippen LogP) is 1.18. The zero-order valence-electron chi connectivity index (χ0n) is 10.7. The molecule has 6 nitrogen and oxygen atoms in total. The summed E-state index contributed by atoms with van der Waals surface area (Å²) < 4.78 is 13.6. The van der Waals surface area contributed by atoms with E-state index >= 15 is 0 Å². The number of phenolic OH excluding ortho intramolecular Hbond substituents is 1. The molecule has 0 spiro atoms. The first-order valence-electron chi connectivity index (χ1n) is 6.29. The monoisotopic (exact) mass is 281 g/mol. The minimum absolute atomic E-state index is 0.0685. The van der Waals surface area contributed by atoms with Crippen molar-refractivity contribution in [1.82, 2.24) is 5.32 Å². The number of carbonyl (C=O) groups excluding carboxylic acids is 1. The zero-order valence-corrected chi connectivity index (χ0v) is 10.7. The lowest BCUT2D eigenvalue weighted by Crippen LogP contribution is -2.42. The third kappa shape index (κ3) is 2.81. The lowest BCUT2D eigenvalue weighted by Gasteiger charge is -2.20. The van der Waals surface area contributed by atoms with E-state index in [0.717, 1.165) is 12.5 Å². The number of rotatable bonds is 3. The fourth-order valence-electron chi connectivity index (χ4n) is 2.50. The van der Waals surface area contributed by atoms with Gasteiger partial charge in [-0.05, 0) is 25.0 Å². The number of nitrogens with zero attached hydrogens (tertiary/aromatic N) is 1. The molecule has 1 fully saturated rings. The molecule has 0 bridgehead atoms. The van der Waals surface area contributed by atoms with Gasteiger partial charge in [0.25, 0.3) is 5.91 Å². The number of aromatic hydroxyl groups is 1. The standard InChI is InChI=1S/C13H16FN3O3/c14-10-6-7(18)4-5-8(10)13(19)16-11-3-1-2-9(11)12(15)17-20/h4-6,9,11,18,20H,1-3H2,(H2,15,17)(H,16,19). The van der Waals surface area contributed by atoms with E-state index in [1.165, 1.54) is 12.1 Å². The molecular weight excluding hydrogens is 265 g/mol. The van der Waals surface area contributed by atoms with E-state index in [4.69, 9.17) is 16.0 Å². The Morgan fingerprint density at radius 1 is 1.45 bits per heavy atom. The molecule has 0 saturated heterocycles. The van der Waals surface area contributed by atoms with Gasteiger partial charge in [-0.25, -0.2) is 4.39 Å². The van der Waals surface area contributed by atoms with Crippen LogP contribution in [0.4, 0.5) is 4.39 Å². The molecule has 0 heterocycles. The third-order valence-corrected chi connectivity index (χ3v) is 3.53. The van der Waals surface area contributed by atoms with Crippen LogP contribution in [-0.2, 0) is 0 Å². The number of oxime groups is 1. The smallest absolute Gasteiger partial charge is 0.254 e. The van der Waals surface area contributed by atoms with E-state index in [0.29, 0.717) is 12.8 Å². The Kier molecular flexibility index (Phi) is 4.07. The molecule has 1 aliphatic carbocycles. The van der Waals surface area contributed by atoms with Gasteiger partial charge >= 0.3 is 0 Å². The summed E-state index contributed by atoms with van der Waals surface area (Å²) in [5.41, 5.74) is 5.43. The molecule has 20 heavy (non-hydrogen) atoms. The van der Waals surface area contributed by atoms with Gasteiger partial charge in [-0.3, -0.25) is 4.79 Å². The molecule has 1 aromatic carbocycles. The number of nitrogens with one attached hydrogen (secondary N) is 1. The maximum Gasteiger partial charge on any atom is 0.254 e. The highest BCUT2D eigenvalue weighted by atomic mass is 19.1. The van der Waals surface area contributed by atoms with E-state index in [2.05, 4.69) is 10.5 Å². The molecule has 1 amide bonds. The Morgan fingerprint density at radius 2 is 2.20 bits per heavy atom. The highest BCUT2D eigenvalue weighted by Gasteiger charge is 2.32. The number of phenols is 1. The summed E-state index contributed by atoms with van der Waals surface area (Å²) in [6, 6.07) is 3.05. The van der Waals surface area contributed by atoms with Crippen LogP contribution in [0.25, 0.3) is 0 Å². The number of carbonyl (C=O) groups is 1. The number of benzene rings is 1. The Bertz CT molecular complexity index is 548. The Balaban J connectivity index is 2.11. The molecule has 2 rings (SSSR count). The van der Waals surface area contributed by atoms with Crippen LogP contribution in [0.15, 0.2) is 23.4 Å². The van der Waals surface area contributed by atoms with Crippen LogP contribution < -0.4 is 11.1 Å². The number of halogens is 1. The summed E-state index contributed by atoms with van der Waals surface area (Å²) in [6.45, 7) is 0. The van der Waals surface area contributed by atoms with Crippen LogP contribution in [-0.4, -0.2) is 28.1 Å². The second kappa shape index (κ2) is 5.77. The largest absolute Gasteiger partial charge is 0.508 e. The van der Waals surface area contributed by atoms with Crippen molar-refractivity contribution >= 4 is 11.7 Å². The second-order valence-corrected chi connectivity index (χ2v) is 4.81. The van der Waals surface area contributed by atoms with E-state index in [-0.39, 0.29) is 29.1 Å². The molecule has 5 N–H and O–H groups in total. The third-order valence-electron chi connectivity index (χ3n) is 3.53. The minimum Gasteiger partial charge on any atom is -0.508 e. The SMILES string of the molecule is N/C(=N/O)C1CCCC1NC(=O)c1ccc(O)cc1F. The summed E-state index contributed by atoms with van der Waals surface area (Å²) >= 11 is 0. The van der Waals surface area contributed by atoms with Gasteiger partial charge in [0.05, 0.1) is 5.56 Å². The van der Waals surface area contributed by atoms with Gasteiger partial charge in [-0.1, -0.05) is 11.6 Å². The maximum absolute atomic E-state index is 13.6. The fourth-order valence-corrected chi connectivity index (χ4v) is 2.50. The van der Waals surface area contributed by atoms with E-state index in [9.17, 15) is 9.18 Å². The number of hydrogen-bond donors (Lipinski definition) is 4. The van der Waals surface area contributed by atoms with Crippen molar-refractivity contribution in [1.29, 1.82) is 0 Å². The van der Waals surface area contributed by atoms with Crippen LogP contribution in [0, 0.1) is 11.7 Å². The number of amidine groups is 1. The minimum atomic E-state index is -0.791. The van der Waals surface area contributed by atoms with Crippen LogP contribution >= 0.6 is 0 Å². The van der Waals surface area contributed by atoms with Crippen molar-refractivity contribution in [3.63, 3.8) is 0 Å². The van der Waals surface area contributed by atoms with Gasteiger partial charge in [-0.2, -0.15) is 0 Å². The predicted molar refractivity (Wildman–Crippen MR) is 70.1 cm³/mol. The Labute approximate surface area is 115 Å². The van der Waals surface area contributed by atoms with Crippen molar-refractivity contribution in [3.05, 3.63) is 29.6 Å². The number of amides is 1. The average molecular weight is 281 g/mol. The summed E-state index contributed by atoms with van der Waals surface area (Å²) in [5, 5.41) is 23.5. The normalized spacial score (nSPS) is 22.8. The summed E-state index contributed by atoms with van der Waals surface area (Å²) in [4.78, 5) is 12.0. The summed E-state index contributed by atoms with van der Waals surface area (Å²) in [6.07, 6.45) is 2.23. The van der Waals surface area contributed by atoms with E-state index in [1.54, 1.807) is 0 Å². The molecule has 108 valence electrons. The quantitative estimate of drug-likeness (QED) is 0.289. The first-order valence-corrected chi connectivity index (χ1v) is 6.29. The summed E-state index contributed by atoms with van der Waals surface area (Å²) in [5.74, 6) is -1.79. The molecule has 1 aromatic rings. The number of hydrogen-bond acceptors (Lipinski definition) is 4. The molecule has 2 unspecified atom stereocenters. The highest BCUT2D eigenvalue weighted by Crippen LogP contribution is 2.26. The average Bonchev–Trinajstić information content (AvgIpc) is 2.85. The van der Waals surface area contributed by atoms with Crippen molar-refractivity contribution < 1.29 is 19.5 Å². The topological polar surface area (TPSA) is 108 Å². The van der Waals surface area contributed by atoms with Crippen molar-refractivity contribution in [3.8, 4) is 5.75 Å². The van der Waals surface area contributed by atoms with Gasteiger partial charge in [-0.15, -0.1) is 0 Å². The van der Waals surface area contributed by atoms with Crippen molar-refractivity contribution in [2.24, 2.45) is 16.8 Å². The van der Waals surface area contributed by atoms with Gasteiger partial charge in [0.2, 0.25) is 0 Å². The lowest BCUT2D eigenvalue weighted by molar-refractivity contribution is 0.0929. The highest BCUT2D eigenvalue weighted by molar-refractivity contribution is 5.95. The second-order valence-electron chi connectivity index (χ2n) is 4.81. The van der Waals surface area contributed by atoms with Crippen molar-refractivity contribution in [2.75, 3.05) is 0 Å². The molecule has 1 saturated carbocycles. The van der Waals surface area contributed by atoms with Crippen LogP contribution in [0.2, 0.25) is 0 Å². The molecule has 7 heteroatoms. The molecular formula is C13H16FN3O3. The van der Waals surface area contributed by atoms with Gasteiger partial charge in [0.1, 0.15) is 17.4 Å². The maximum atomic E-state index is 13.6. The van der Waals surface area contributed by atoms with Crippen LogP contribution in [0.5, 0.6) is 5.75 Å². The van der Waals surface area contributed by atoms with Crippen molar-refractivity contribution in [2.45, 2.75) is 25.3 Å². The van der Waals surface area contributed by atoms with Crippen LogP contribution in [0.1, 0.15) is 29.6 Å². The molecule has 1 aliphatic rings. The Hall–Kier alpha value is -2.31. The first kappa shape index (κ1) is 14.1. The summed E-state index contributed by atoms with van der Waals surface area (Å²) in [7, 11) is 0. The first-order chi connectivity index (χ1) is 9.52. The zero-order chi connectivity index (χ0) is 14.7. The van der Waals surface area contributed by atoms with Gasteiger partial charge < -0.3 is 21.4 Å². The molecule has 0 radical (unpaired) electrons. The van der Waals surface area contributed by atoms with Gasteiger partial charge in [0.15, 0.2) is 0 Å². The Morgan fingerprint density at radius 3 is 2.85 bits per heavy atom. The van der Waals surface area contributed by atoms with Crippen LogP contribution in [0.3, 0.4) is 0 Å². The molecule has 0 aliphatic heterocycles. The lowest BCUT2D eigenvalue weighted by atomic mass is 10.0. The van der Waals surface area contributed by atoms with Gasteiger partial charge in [0, 0.05) is 18.0 Å². The van der Waals surface area contributed by atoms with E-state index < -0.39 is 11.7 Å². The number of nitrogens with two attached hydrogens (primary N) is 1. The van der Waals surface area contributed by atoms with E-state index in [1.807, 2.05) is 0 Å². The fraction of sp³-hybridized carbons (Fsp3) is 0.385. The molecule has 2 atom stereocenters. The molecule has 0 aromatic heterocycles.